The van der Waals surface area contributed by atoms with Crippen LogP contribution in [0.25, 0.3) is 0 Å². The summed E-state index contributed by atoms with van der Waals surface area (Å²) in [6.07, 6.45) is 0. The third kappa shape index (κ3) is 3.80. The maximum atomic E-state index is 12.5. The number of fused-ring (bicyclic) bond motifs is 1. The molecule has 2 aromatic rings. The SMILES string of the molecule is CC(C)(C)COCc1ccccc1CN1C(=O)c2ccccc2C1=O. The lowest BCUT2D eigenvalue weighted by atomic mass is 9.98. The summed E-state index contributed by atoms with van der Waals surface area (Å²) in [6.45, 7) is 7.75. The highest BCUT2D eigenvalue weighted by Gasteiger charge is 2.35. The van der Waals surface area contributed by atoms with Gasteiger partial charge in [0.05, 0.1) is 30.9 Å². The van der Waals surface area contributed by atoms with Gasteiger partial charge in [-0.2, -0.15) is 0 Å². The largest absolute Gasteiger partial charge is 0.376 e. The summed E-state index contributed by atoms with van der Waals surface area (Å²) in [6, 6.07) is 14.8. The van der Waals surface area contributed by atoms with Gasteiger partial charge < -0.3 is 4.74 Å². The van der Waals surface area contributed by atoms with Crippen molar-refractivity contribution in [3.63, 3.8) is 0 Å². The number of hydrogen-bond donors (Lipinski definition) is 0. The van der Waals surface area contributed by atoms with Crippen LogP contribution in [0.5, 0.6) is 0 Å². The number of rotatable bonds is 5. The molecule has 0 saturated carbocycles. The van der Waals surface area contributed by atoms with Crippen LogP contribution in [0.3, 0.4) is 0 Å². The fourth-order valence-corrected chi connectivity index (χ4v) is 2.87. The first-order chi connectivity index (χ1) is 11.9. The Hall–Kier alpha value is -2.46. The lowest BCUT2D eigenvalue weighted by molar-refractivity contribution is 0.0579. The monoisotopic (exact) mass is 337 g/mol. The Morgan fingerprint density at radius 2 is 1.36 bits per heavy atom. The van der Waals surface area contributed by atoms with Crippen molar-refractivity contribution in [3.05, 3.63) is 70.8 Å². The number of carbonyl (C=O) groups is 2. The number of amides is 2. The minimum Gasteiger partial charge on any atom is -0.376 e. The molecule has 0 saturated heterocycles. The molecule has 0 radical (unpaired) electrons. The van der Waals surface area contributed by atoms with Crippen molar-refractivity contribution in [2.24, 2.45) is 5.41 Å². The van der Waals surface area contributed by atoms with E-state index in [1.54, 1.807) is 24.3 Å². The van der Waals surface area contributed by atoms with Gasteiger partial charge in [-0.25, -0.2) is 0 Å². The number of imide groups is 1. The van der Waals surface area contributed by atoms with E-state index >= 15 is 0 Å². The van der Waals surface area contributed by atoms with Crippen LogP contribution in [0.1, 0.15) is 52.6 Å². The normalized spacial score (nSPS) is 14.1. The number of ether oxygens (including phenoxy) is 1. The Kier molecular flexibility index (Phi) is 4.73. The third-order valence-corrected chi connectivity index (χ3v) is 4.12. The molecule has 0 aliphatic carbocycles. The number of carbonyl (C=O) groups excluding carboxylic acids is 2. The predicted octanol–water partition coefficient (Wildman–Crippen LogP) is 4.05. The van der Waals surface area contributed by atoms with E-state index in [1.165, 1.54) is 4.90 Å². The molecule has 4 heteroatoms. The molecule has 0 spiro atoms. The molecule has 130 valence electrons. The topological polar surface area (TPSA) is 46.6 Å². The number of benzene rings is 2. The number of hydrogen-bond acceptors (Lipinski definition) is 3. The first kappa shape index (κ1) is 17.4. The number of nitrogens with zero attached hydrogens (tertiary/aromatic N) is 1. The van der Waals surface area contributed by atoms with Gasteiger partial charge in [0.15, 0.2) is 0 Å². The molecule has 0 unspecified atom stereocenters. The summed E-state index contributed by atoms with van der Waals surface area (Å²) < 4.78 is 5.82. The Balaban J connectivity index is 1.76. The fraction of sp³-hybridized carbons (Fsp3) is 0.333. The molecule has 1 aliphatic rings. The van der Waals surface area contributed by atoms with Crippen molar-refractivity contribution in [1.29, 1.82) is 0 Å². The lowest BCUT2D eigenvalue weighted by Crippen LogP contribution is -2.29. The van der Waals surface area contributed by atoms with Crippen LogP contribution in [0.15, 0.2) is 48.5 Å². The summed E-state index contributed by atoms with van der Waals surface area (Å²) in [5.74, 6) is -0.461. The highest BCUT2D eigenvalue weighted by molar-refractivity contribution is 6.21. The van der Waals surface area contributed by atoms with Crippen LogP contribution >= 0.6 is 0 Å². The van der Waals surface area contributed by atoms with Gasteiger partial charge in [0.25, 0.3) is 11.8 Å². The molecular formula is C21H23NO3. The average Bonchev–Trinajstić information content (AvgIpc) is 2.81. The van der Waals surface area contributed by atoms with E-state index < -0.39 is 0 Å². The van der Waals surface area contributed by atoms with Crippen LogP contribution in [-0.4, -0.2) is 23.3 Å². The van der Waals surface area contributed by atoms with Gasteiger partial charge in [-0.1, -0.05) is 57.2 Å². The summed E-state index contributed by atoms with van der Waals surface area (Å²) in [7, 11) is 0. The molecule has 1 aliphatic heterocycles. The van der Waals surface area contributed by atoms with E-state index in [1.807, 2.05) is 24.3 Å². The quantitative estimate of drug-likeness (QED) is 0.774. The van der Waals surface area contributed by atoms with E-state index in [9.17, 15) is 9.59 Å². The summed E-state index contributed by atoms with van der Waals surface area (Å²) in [5.41, 5.74) is 2.99. The molecule has 25 heavy (non-hydrogen) atoms. The van der Waals surface area contributed by atoms with Gasteiger partial charge in [-0.3, -0.25) is 14.5 Å². The zero-order valence-electron chi connectivity index (χ0n) is 14.9. The molecule has 0 bridgehead atoms. The van der Waals surface area contributed by atoms with Crippen molar-refractivity contribution in [1.82, 2.24) is 4.90 Å². The second-order valence-corrected chi connectivity index (χ2v) is 7.56. The highest BCUT2D eigenvalue weighted by atomic mass is 16.5. The average molecular weight is 337 g/mol. The molecule has 2 amide bonds. The Bertz CT molecular complexity index is 770. The molecule has 2 aromatic carbocycles. The van der Waals surface area contributed by atoms with Crippen LogP contribution in [0.2, 0.25) is 0 Å². The summed E-state index contributed by atoms with van der Waals surface area (Å²) >= 11 is 0. The second kappa shape index (κ2) is 6.81. The van der Waals surface area contributed by atoms with E-state index in [0.717, 1.165) is 11.1 Å². The van der Waals surface area contributed by atoms with Crippen LogP contribution < -0.4 is 0 Å². The molecule has 4 nitrogen and oxygen atoms in total. The first-order valence-corrected chi connectivity index (χ1v) is 8.46. The highest BCUT2D eigenvalue weighted by Crippen LogP contribution is 2.25. The van der Waals surface area contributed by atoms with E-state index in [4.69, 9.17) is 4.74 Å². The van der Waals surface area contributed by atoms with Crippen LogP contribution in [0.4, 0.5) is 0 Å². The Morgan fingerprint density at radius 3 is 1.92 bits per heavy atom. The minimum atomic E-state index is -0.231. The van der Waals surface area contributed by atoms with Gasteiger partial charge in [0, 0.05) is 0 Å². The second-order valence-electron chi connectivity index (χ2n) is 7.56. The van der Waals surface area contributed by atoms with Crippen molar-refractivity contribution in [2.75, 3.05) is 6.61 Å². The minimum absolute atomic E-state index is 0.0947. The van der Waals surface area contributed by atoms with Crippen molar-refractivity contribution in [3.8, 4) is 0 Å². The van der Waals surface area contributed by atoms with E-state index in [-0.39, 0.29) is 23.8 Å². The van der Waals surface area contributed by atoms with Crippen LogP contribution in [-0.2, 0) is 17.9 Å². The zero-order valence-corrected chi connectivity index (χ0v) is 14.9. The molecule has 3 rings (SSSR count). The van der Waals surface area contributed by atoms with Gasteiger partial charge >= 0.3 is 0 Å². The maximum absolute atomic E-state index is 12.5. The van der Waals surface area contributed by atoms with Crippen LogP contribution in [0, 0.1) is 5.41 Å². The van der Waals surface area contributed by atoms with Crippen molar-refractivity contribution in [2.45, 2.75) is 33.9 Å². The molecule has 0 N–H and O–H groups in total. The molecular weight excluding hydrogens is 314 g/mol. The Labute approximate surface area is 148 Å². The first-order valence-electron chi connectivity index (χ1n) is 8.46. The fourth-order valence-electron chi connectivity index (χ4n) is 2.87. The standard InChI is InChI=1S/C21H23NO3/c1-21(2,3)14-25-13-16-9-5-4-8-15(16)12-22-19(23)17-10-6-7-11-18(17)20(22)24/h4-11H,12-14H2,1-3H3. The predicted molar refractivity (Wildman–Crippen MR) is 96.2 cm³/mol. The third-order valence-electron chi connectivity index (χ3n) is 4.12. The molecule has 0 fully saturated rings. The van der Waals surface area contributed by atoms with Gasteiger partial charge in [0.1, 0.15) is 0 Å². The lowest BCUT2D eigenvalue weighted by Gasteiger charge is -2.20. The zero-order chi connectivity index (χ0) is 18.0. The van der Waals surface area contributed by atoms with Gasteiger partial charge in [0.2, 0.25) is 0 Å². The molecule has 0 aromatic heterocycles. The molecule has 1 heterocycles. The van der Waals surface area contributed by atoms with Gasteiger partial charge in [-0.15, -0.1) is 0 Å². The summed E-state index contributed by atoms with van der Waals surface area (Å²) in [5, 5.41) is 0. The van der Waals surface area contributed by atoms with Crippen molar-refractivity contribution < 1.29 is 14.3 Å². The molecule has 0 atom stereocenters. The van der Waals surface area contributed by atoms with E-state index in [0.29, 0.717) is 24.3 Å². The maximum Gasteiger partial charge on any atom is 0.261 e. The van der Waals surface area contributed by atoms with Gasteiger partial charge in [-0.05, 0) is 28.7 Å². The van der Waals surface area contributed by atoms with E-state index in [2.05, 4.69) is 20.8 Å². The smallest absolute Gasteiger partial charge is 0.261 e. The van der Waals surface area contributed by atoms with Crippen molar-refractivity contribution >= 4 is 11.8 Å². The summed E-state index contributed by atoms with van der Waals surface area (Å²) in [4.78, 5) is 26.4. The Morgan fingerprint density at radius 1 is 0.840 bits per heavy atom.